The van der Waals surface area contributed by atoms with Crippen LogP contribution in [-0.4, -0.2) is 21.7 Å². The number of hydrogen-bond donors (Lipinski definition) is 1. The van der Waals surface area contributed by atoms with Crippen LogP contribution in [0, 0.1) is 0 Å². The monoisotopic (exact) mass is 319 g/mol. The highest BCUT2D eigenvalue weighted by molar-refractivity contribution is 7.80. The molecule has 0 amide bonds. The highest BCUT2D eigenvalue weighted by Crippen LogP contribution is 2.28. The molecular weight excluding hydrogens is 306 g/mol. The molecule has 1 unspecified atom stereocenters. The van der Waals surface area contributed by atoms with Crippen LogP contribution in [0.4, 0.5) is 0 Å². The molecule has 0 saturated heterocycles. The molecule has 2 aromatic rings. The molecule has 1 aliphatic rings. The lowest BCUT2D eigenvalue weighted by molar-refractivity contribution is 0.373. The second-order valence-electron chi connectivity index (χ2n) is 4.78. The van der Waals surface area contributed by atoms with Gasteiger partial charge in [-0.05, 0) is 37.4 Å². The van der Waals surface area contributed by atoms with Crippen LogP contribution in [0.1, 0.15) is 18.7 Å². The Balaban J connectivity index is 1.86. The van der Waals surface area contributed by atoms with E-state index in [4.69, 9.17) is 28.3 Å². The van der Waals surface area contributed by atoms with Crippen molar-refractivity contribution in [3.8, 4) is 11.3 Å². The minimum absolute atomic E-state index is 0.00164. The first-order chi connectivity index (χ1) is 10.1. The molecule has 2 heterocycles. The van der Waals surface area contributed by atoms with Crippen LogP contribution in [0.2, 0.25) is 5.02 Å². The van der Waals surface area contributed by atoms with Gasteiger partial charge >= 0.3 is 0 Å². The van der Waals surface area contributed by atoms with Crippen molar-refractivity contribution in [3.63, 3.8) is 0 Å². The summed E-state index contributed by atoms with van der Waals surface area (Å²) in [7, 11) is 0. The van der Waals surface area contributed by atoms with Gasteiger partial charge in [-0.25, -0.2) is 0 Å². The number of benzene rings is 1. The van der Waals surface area contributed by atoms with E-state index in [-0.39, 0.29) is 6.04 Å². The zero-order valence-corrected chi connectivity index (χ0v) is 13.0. The van der Waals surface area contributed by atoms with Crippen molar-refractivity contribution in [2.24, 2.45) is 0 Å². The number of nitrogens with one attached hydrogen (secondary N) is 1. The van der Waals surface area contributed by atoms with Gasteiger partial charge in [-0.15, -0.1) is 0 Å². The Bertz CT molecular complexity index is 698. The Morgan fingerprint density at radius 1 is 1.43 bits per heavy atom. The van der Waals surface area contributed by atoms with Crippen molar-refractivity contribution < 1.29 is 4.52 Å². The molecule has 1 N–H and O–H groups in total. The van der Waals surface area contributed by atoms with Crippen molar-refractivity contribution in [2.45, 2.75) is 13.0 Å². The molecule has 1 aromatic heterocycles. The van der Waals surface area contributed by atoms with E-state index < -0.39 is 0 Å². The van der Waals surface area contributed by atoms with E-state index in [0.717, 1.165) is 17.8 Å². The quantitative estimate of drug-likeness (QED) is 0.872. The van der Waals surface area contributed by atoms with E-state index in [0.29, 0.717) is 15.9 Å². The normalized spacial score (nSPS) is 15.9. The van der Waals surface area contributed by atoms with Crippen LogP contribution in [0.15, 0.2) is 47.1 Å². The van der Waals surface area contributed by atoms with Gasteiger partial charge in [-0.3, -0.25) is 0 Å². The molecule has 1 aromatic carbocycles. The van der Waals surface area contributed by atoms with Crippen molar-refractivity contribution in [1.29, 1.82) is 0 Å². The number of hydrogen-bond acceptors (Lipinski definition) is 3. The first-order valence-electron chi connectivity index (χ1n) is 6.60. The Morgan fingerprint density at radius 3 is 3.05 bits per heavy atom. The zero-order valence-electron chi connectivity index (χ0n) is 11.4. The van der Waals surface area contributed by atoms with Gasteiger partial charge in [0.05, 0.1) is 6.04 Å². The van der Waals surface area contributed by atoms with Gasteiger partial charge in [-0.2, -0.15) is 0 Å². The van der Waals surface area contributed by atoms with Crippen LogP contribution in [0.25, 0.3) is 11.3 Å². The summed E-state index contributed by atoms with van der Waals surface area (Å²) in [6.45, 7) is 2.79. The molecular formula is C15H14ClN3OS. The standard InChI is InChI=1S/C15H14ClN3OS/c1-10(19-7-3-6-17-15(19)21)13-9-14(20-18-13)11-4-2-5-12(16)8-11/h2-5,7-10H,6H2,1H3,(H,17,21). The first kappa shape index (κ1) is 14.1. The summed E-state index contributed by atoms with van der Waals surface area (Å²) in [5.41, 5.74) is 1.73. The van der Waals surface area contributed by atoms with Crippen LogP contribution in [0.5, 0.6) is 0 Å². The summed E-state index contributed by atoms with van der Waals surface area (Å²) in [5, 5.41) is 8.64. The van der Waals surface area contributed by atoms with Crippen molar-refractivity contribution in [2.75, 3.05) is 6.54 Å². The highest BCUT2D eigenvalue weighted by atomic mass is 35.5. The fourth-order valence-corrected chi connectivity index (χ4v) is 2.68. The van der Waals surface area contributed by atoms with Gasteiger partial charge in [0.2, 0.25) is 0 Å². The topological polar surface area (TPSA) is 41.3 Å². The van der Waals surface area contributed by atoms with Gasteiger partial charge in [0, 0.05) is 29.4 Å². The maximum atomic E-state index is 6.00. The smallest absolute Gasteiger partial charge is 0.173 e. The summed E-state index contributed by atoms with van der Waals surface area (Å²) >= 11 is 11.3. The maximum Gasteiger partial charge on any atom is 0.173 e. The largest absolute Gasteiger partial charge is 0.359 e. The van der Waals surface area contributed by atoms with E-state index in [2.05, 4.69) is 10.5 Å². The van der Waals surface area contributed by atoms with E-state index in [1.54, 1.807) is 0 Å². The number of rotatable bonds is 3. The van der Waals surface area contributed by atoms with Crippen molar-refractivity contribution in [1.82, 2.24) is 15.4 Å². The summed E-state index contributed by atoms with van der Waals surface area (Å²) in [6, 6.07) is 9.42. The third-order valence-corrected chi connectivity index (χ3v) is 3.94. The third kappa shape index (κ3) is 2.94. The molecule has 21 heavy (non-hydrogen) atoms. The van der Waals surface area contributed by atoms with Gasteiger partial charge in [0.15, 0.2) is 10.9 Å². The molecule has 0 fully saturated rings. The molecule has 108 valence electrons. The van der Waals surface area contributed by atoms with Crippen LogP contribution < -0.4 is 5.32 Å². The van der Waals surface area contributed by atoms with Gasteiger partial charge in [0.25, 0.3) is 0 Å². The van der Waals surface area contributed by atoms with Crippen LogP contribution >= 0.6 is 23.8 Å². The minimum atomic E-state index is -0.00164. The van der Waals surface area contributed by atoms with Gasteiger partial charge in [-0.1, -0.05) is 28.9 Å². The molecule has 0 radical (unpaired) electrons. The second-order valence-corrected chi connectivity index (χ2v) is 5.60. The lowest BCUT2D eigenvalue weighted by Crippen LogP contribution is -2.41. The molecule has 0 aliphatic carbocycles. The van der Waals surface area contributed by atoms with E-state index in [9.17, 15) is 0 Å². The Labute approximate surface area is 133 Å². The van der Waals surface area contributed by atoms with Crippen molar-refractivity contribution in [3.05, 3.63) is 53.3 Å². The number of thiocarbonyl (C=S) groups is 1. The second kappa shape index (κ2) is 5.87. The molecule has 1 atom stereocenters. The lowest BCUT2D eigenvalue weighted by Gasteiger charge is -2.29. The van der Waals surface area contributed by atoms with E-state index in [1.165, 1.54) is 0 Å². The molecule has 1 aliphatic heterocycles. The summed E-state index contributed by atoms with van der Waals surface area (Å²) < 4.78 is 5.43. The fraction of sp³-hybridized carbons (Fsp3) is 0.200. The van der Waals surface area contributed by atoms with Gasteiger partial charge < -0.3 is 14.7 Å². The molecule has 0 saturated carbocycles. The summed E-state index contributed by atoms with van der Waals surface area (Å²) in [4.78, 5) is 1.96. The van der Waals surface area contributed by atoms with Crippen LogP contribution in [0.3, 0.4) is 0 Å². The Hall–Kier alpha value is -1.85. The zero-order chi connectivity index (χ0) is 14.8. The van der Waals surface area contributed by atoms with Crippen molar-refractivity contribution >= 4 is 28.9 Å². The summed E-state index contributed by atoms with van der Waals surface area (Å²) in [6.07, 6.45) is 3.99. The number of nitrogens with zero attached hydrogens (tertiary/aromatic N) is 2. The van der Waals surface area contributed by atoms with E-state index in [1.807, 2.05) is 54.4 Å². The predicted octanol–water partition coefficient (Wildman–Crippen LogP) is 3.76. The summed E-state index contributed by atoms with van der Waals surface area (Å²) in [5.74, 6) is 0.694. The molecule has 4 nitrogen and oxygen atoms in total. The highest BCUT2D eigenvalue weighted by Gasteiger charge is 2.21. The molecule has 6 heteroatoms. The molecule has 0 spiro atoms. The minimum Gasteiger partial charge on any atom is -0.359 e. The Morgan fingerprint density at radius 2 is 2.29 bits per heavy atom. The van der Waals surface area contributed by atoms with Crippen LogP contribution in [-0.2, 0) is 0 Å². The lowest BCUT2D eigenvalue weighted by atomic mass is 10.1. The van der Waals surface area contributed by atoms with E-state index >= 15 is 0 Å². The Kier molecular flexibility index (Phi) is 3.94. The maximum absolute atomic E-state index is 6.00. The molecule has 3 rings (SSSR count). The number of halogens is 1. The predicted molar refractivity (Wildman–Crippen MR) is 86.9 cm³/mol. The molecule has 0 bridgehead atoms. The third-order valence-electron chi connectivity index (χ3n) is 3.35. The fourth-order valence-electron chi connectivity index (χ4n) is 2.18. The SMILES string of the molecule is CC(c1cc(-c2cccc(Cl)c2)on1)N1C=CCNC1=S. The number of aromatic nitrogens is 1. The van der Waals surface area contributed by atoms with Gasteiger partial charge in [0.1, 0.15) is 5.69 Å². The average molecular weight is 320 g/mol. The first-order valence-corrected chi connectivity index (χ1v) is 7.39. The average Bonchev–Trinajstić information content (AvgIpc) is 2.97.